The van der Waals surface area contributed by atoms with Gasteiger partial charge >= 0.3 is 6.18 Å². The summed E-state index contributed by atoms with van der Waals surface area (Å²) in [5, 5.41) is 0. The first-order chi connectivity index (χ1) is 11.8. The van der Waals surface area contributed by atoms with Crippen molar-refractivity contribution in [3.8, 4) is 0 Å². The van der Waals surface area contributed by atoms with Crippen molar-refractivity contribution in [1.29, 1.82) is 0 Å². The van der Waals surface area contributed by atoms with E-state index in [1.54, 1.807) is 9.80 Å². The second kappa shape index (κ2) is 6.70. The van der Waals surface area contributed by atoms with E-state index in [2.05, 4.69) is 9.97 Å². The van der Waals surface area contributed by atoms with Crippen molar-refractivity contribution in [2.24, 2.45) is 0 Å². The van der Waals surface area contributed by atoms with Gasteiger partial charge in [0.25, 0.3) is 0 Å². The van der Waals surface area contributed by atoms with Crippen LogP contribution in [0.5, 0.6) is 0 Å². The second-order valence-corrected chi connectivity index (χ2v) is 5.99. The van der Waals surface area contributed by atoms with Crippen LogP contribution >= 0.6 is 0 Å². The van der Waals surface area contributed by atoms with Crippen LogP contribution in [0.25, 0.3) is 0 Å². The number of carbonyl (C=O) groups is 1. The minimum Gasteiger partial charge on any atom is -0.345 e. The number of piperazine rings is 1. The van der Waals surface area contributed by atoms with Crippen molar-refractivity contribution in [3.63, 3.8) is 0 Å². The van der Waals surface area contributed by atoms with Gasteiger partial charge in [-0.25, -0.2) is 9.97 Å². The van der Waals surface area contributed by atoms with Gasteiger partial charge in [-0.3, -0.25) is 4.79 Å². The molecule has 1 saturated heterocycles. The van der Waals surface area contributed by atoms with Gasteiger partial charge in [-0.15, -0.1) is 0 Å². The van der Waals surface area contributed by atoms with Gasteiger partial charge in [0.2, 0.25) is 5.91 Å². The molecule has 1 amide bonds. The summed E-state index contributed by atoms with van der Waals surface area (Å²) < 4.78 is 38.3. The summed E-state index contributed by atoms with van der Waals surface area (Å²) in [6.07, 6.45) is -3.66. The quantitative estimate of drug-likeness (QED) is 0.854. The molecule has 3 rings (SSSR count). The van der Waals surface area contributed by atoms with E-state index >= 15 is 0 Å². The fourth-order valence-electron chi connectivity index (χ4n) is 2.78. The number of alkyl halides is 3. The highest BCUT2D eigenvalue weighted by molar-refractivity contribution is 5.82. The third kappa shape index (κ3) is 4.07. The summed E-state index contributed by atoms with van der Waals surface area (Å²) in [6.45, 7) is 3.33. The van der Waals surface area contributed by atoms with Crippen LogP contribution in [0.3, 0.4) is 0 Å². The maximum Gasteiger partial charge on any atom is 0.433 e. The van der Waals surface area contributed by atoms with Gasteiger partial charge in [0.1, 0.15) is 17.8 Å². The molecule has 8 heteroatoms. The van der Waals surface area contributed by atoms with E-state index in [0.717, 1.165) is 23.5 Å². The Morgan fingerprint density at radius 3 is 2.64 bits per heavy atom. The van der Waals surface area contributed by atoms with Gasteiger partial charge in [-0.2, -0.15) is 13.2 Å². The van der Waals surface area contributed by atoms with Gasteiger partial charge < -0.3 is 9.80 Å². The van der Waals surface area contributed by atoms with Crippen molar-refractivity contribution in [2.45, 2.75) is 19.6 Å². The van der Waals surface area contributed by atoms with Gasteiger partial charge in [0.15, 0.2) is 0 Å². The Hall–Kier alpha value is -2.64. The normalized spacial score (nSPS) is 15.6. The molecule has 2 aromatic rings. The maximum atomic E-state index is 12.8. The number of carbonyl (C=O) groups excluding carboxylic acids is 1. The molecule has 0 radical (unpaired) electrons. The molecule has 1 fully saturated rings. The lowest BCUT2D eigenvalue weighted by Gasteiger charge is -2.35. The van der Waals surface area contributed by atoms with Crippen LogP contribution < -0.4 is 4.90 Å². The standard InChI is InChI=1S/C17H17F3N4O/c1-12-3-2-4-13(7-12)9-24-6-5-23(10-16(24)25)15-8-14(17(18,19)20)21-11-22-15/h2-4,7-8,11H,5-6,9-10H2,1H3. The lowest BCUT2D eigenvalue weighted by Crippen LogP contribution is -2.50. The molecule has 0 N–H and O–H groups in total. The highest BCUT2D eigenvalue weighted by Crippen LogP contribution is 2.29. The summed E-state index contributed by atoms with van der Waals surface area (Å²) in [6, 6.07) is 8.76. The summed E-state index contributed by atoms with van der Waals surface area (Å²) in [4.78, 5) is 22.7. The predicted octanol–water partition coefficient (Wildman–Crippen LogP) is 2.65. The van der Waals surface area contributed by atoms with Crippen LogP contribution in [0, 0.1) is 6.92 Å². The maximum absolute atomic E-state index is 12.8. The number of hydrogen-bond donors (Lipinski definition) is 0. The van der Waals surface area contributed by atoms with Crippen molar-refractivity contribution >= 4 is 11.7 Å². The largest absolute Gasteiger partial charge is 0.433 e. The molecule has 25 heavy (non-hydrogen) atoms. The highest BCUT2D eigenvalue weighted by Gasteiger charge is 2.34. The first kappa shape index (κ1) is 17.2. The van der Waals surface area contributed by atoms with Gasteiger partial charge in [-0.1, -0.05) is 29.8 Å². The van der Waals surface area contributed by atoms with E-state index in [4.69, 9.17) is 0 Å². The highest BCUT2D eigenvalue weighted by atomic mass is 19.4. The predicted molar refractivity (Wildman–Crippen MR) is 85.8 cm³/mol. The van der Waals surface area contributed by atoms with Crippen LogP contribution in [0.4, 0.5) is 19.0 Å². The molecule has 1 aromatic heterocycles. The van der Waals surface area contributed by atoms with Crippen molar-refractivity contribution in [2.75, 3.05) is 24.5 Å². The smallest absolute Gasteiger partial charge is 0.345 e. The Bertz CT molecular complexity index is 778. The van der Waals surface area contributed by atoms with Crippen molar-refractivity contribution in [3.05, 3.63) is 53.5 Å². The number of rotatable bonds is 3. The van der Waals surface area contributed by atoms with Crippen LogP contribution in [0.15, 0.2) is 36.7 Å². The molecule has 2 heterocycles. The molecule has 0 aliphatic carbocycles. The number of hydrogen-bond acceptors (Lipinski definition) is 4. The average Bonchev–Trinajstić information content (AvgIpc) is 2.56. The topological polar surface area (TPSA) is 49.3 Å². The number of nitrogens with zero attached hydrogens (tertiary/aromatic N) is 4. The van der Waals surface area contributed by atoms with Crippen LogP contribution in [0.2, 0.25) is 0 Å². The van der Waals surface area contributed by atoms with Crippen LogP contribution in [0.1, 0.15) is 16.8 Å². The molecule has 0 saturated carbocycles. The van der Waals surface area contributed by atoms with Crippen LogP contribution in [-0.4, -0.2) is 40.4 Å². The molecule has 0 bridgehead atoms. The first-order valence-corrected chi connectivity index (χ1v) is 7.80. The zero-order chi connectivity index (χ0) is 18.0. The number of benzene rings is 1. The first-order valence-electron chi connectivity index (χ1n) is 7.80. The Balaban J connectivity index is 1.69. The molecule has 0 spiro atoms. The molecule has 132 valence electrons. The number of halogens is 3. The molecule has 1 aromatic carbocycles. The zero-order valence-corrected chi connectivity index (χ0v) is 13.6. The fourth-order valence-corrected chi connectivity index (χ4v) is 2.78. The molecular formula is C17H17F3N4O. The van der Waals surface area contributed by atoms with Gasteiger partial charge in [0, 0.05) is 25.7 Å². The summed E-state index contributed by atoms with van der Waals surface area (Å²) in [5.41, 5.74) is 1.14. The minimum absolute atomic E-state index is 0.000125. The number of anilines is 1. The van der Waals surface area contributed by atoms with E-state index < -0.39 is 11.9 Å². The van der Waals surface area contributed by atoms with E-state index in [1.807, 2.05) is 31.2 Å². The lowest BCUT2D eigenvalue weighted by atomic mass is 10.1. The Morgan fingerprint density at radius 1 is 1.16 bits per heavy atom. The molecule has 5 nitrogen and oxygen atoms in total. The lowest BCUT2D eigenvalue weighted by molar-refractivity contribution is -0.141. The van der Waals surface area contributed by atoms with E-state index in [9.17, 15) is 18.0 Å². The SMILES string of the molecule is Cc1cccc(CN2CCN(c3cc(C(F)(F)F)ncn3)CC2=O)c1. The molecule has 0 unspecified atom stereocenters. The zero-order valence-electron chi connectivity index (χ0n) is 13.6. The number of aromatic nitrogens is 2. The number of amides is 1. The van der Waals surface area contributed by atoms with Crippen LogP contribution in [-0.2, 0) is 17.5 Å². The van der Waals surface area contributed by atoms with E-state index in [0.29, 0.717) is 19.6 Å². The Labute approximate surface area is 143 Å². The summed E-state index contributed by atoms with van der Waals surface area (Å²) >= 11 is 0. The van der Waals surface area contributed by atoms with Crippen molar-refractivity contribution in [1.82, 2.24) is 14.9 Å². The summed E-state index contributed by atoms with van der Waals surface area (Å²) in [5.74, 6) is -0.0224. The van der Waals surface area contributed by atoms with Gasteiger partial charge in [-0.05, 0) is 12.5 Å². The van der Waals surface area contributed by atoms with Crippen molar-refractivity contribution < 1.29 is 18.0 Å². The second-order valence-electron chi connectivity index (χ2n) is 5.99. The van der Waals surface area contributed by atoms with Gasteiger partial charge in [0.05, 0.1) is 6.54 Å². The van der Waals surface area contributed by atoms with E-state index in [-0.39, 0.29) is 18.3 Å². The molecular weight excluding hydrogens is 333 g/mol. The Morgan fingerprint density at radius 2 is 1.96 bits per heavy atom. The third-order valence-corrected chi connectivity index (χ3v) is 4.04. The molecule has 0 atom stereocenters. The monoisotopic (exact) mass is 350 g/mol. The molecule has 1 aliphatic heterocycles. The third-order valence-electron chi connectivity index (χ3n) is 4.04. The average molecular weight is 350 g/mol. The number of aryl methyl sites for hydroxylation is 1. The molecule has 1 aliphatic rings. The fraction of sp³-hybridized carbons (Fsp3) is 0.353. The summed E-state index contributed by atoms with van der Waals surface area (Å²) in [7, 11) is 0. The van der Waals surface area contributed by atoms with E-state index in [1.165, 1.54) is 0 Å². The Kier molecular flexibility index (Phi) is 4.61. The minimum atomic E-state index is -4.53.